The number of fused-ring (bicyclic) bond motifs is 1. The van der Waals surface area contributed by atoms with Crippen molar-refractivity contribution in [3.63, 3.8) is 0 Å². The molecule has 118 valence electrons. The molecule has 1 atom stereocenters. The minimum Gasteiger partial charge on any atom is -0.342 e. The Balaban J connectivity index is 1.94. The van der Waals surface area contributed by atoms with E-state index in [1.54, 1.807) is 18.3 Å². The molecule has 0 aromatic carbocycles. The highest BCUT2D eigenvalue weighted by atomic mass is 35.5. The van der Waals surface area contributed by atoms with Crippen LogP contribution in [0.15, 0.2) is 42.7 Å². The van der Waals surface area contributed by atoms with Crippen molar-refractivity contribution in [2.45, 2.75) is 19.9 Å². The molecule has 3 rings (SSSR count). The van der Waals surface area contributed by atoms with Crippen LogP contribution in [0.3, 0.4) is 0 Å². The zero-order valence-corrected chi connectivity index (χ0v) is 13.5. The Labute approximate surface area is 138 Å². The molecule has 0 radical (unpaired) electrons. The number of halogens is 1. The van der Waals surface area contributed by atoms with Crippen molar-refractivity contribution in [3.05, 3.63) is 59.3 Å². The fraction of sp³-hybridized carbons (Fsp3) is 0.250. The van der Waals surface area contributed by atoms with Gasteiger partial charge in [-0.15, -0.1) is 10.2 Å². The molecule has 0 saturated heterocycles. The van der Waals surface area contributed by atoms with Crippen LogP contribution in [-0.2, 0) is 0 Å². The van der Waals surface area contributed by atoms with Gasteiger partial charge in [-0.3, -0.25) is 9.20 Å². The molecule has 7 heteroatoms. The van der Waals surface area contributed by atoms with Gasteiger partial charge in [0.25, 0.3) is 5.91 Å². The third-order valence-electron chi connectivity index (χ3n) is 3.58. The normalized spacial score (nSPS) is 12.5. The topological polar surface area (TPSA) is 72.2 Å². The average Bonchev–Trinajstić information content (AvgIpc) is 2.96. The van der Waals surface area contributed by atoms with Crippen molar-refractivity contribution in [1.82, 2.24) is 24.9 Å². The van der Waals surface area contributed by atoms with E-state index in [1.165, 1.54) is 0 Å². The van der Waals surface area contributed by atoms with Crippen molar-refractivity contribution in [2.75, 3.05) is 0 Å². The van der Waals surface area contributed by atoms with E-state index in [9.17, 15) is 4.79 Å². The first-order valence-corrected chi connectivity index (χ1v) is 7.66. The first-order valence-electron chi connectivity index (χ1n) is 7.29. The summed E-state index contributed by atoms with van der Waals surface area (Å²) in [6.07, 6.45) is 3.42. The summed E-state index contributed by atoms with van der Waals surface area (Å²) in [6, 6.07) is 8.69. The van der Waals surface area contributed by atoms with Gasteiger partial charge in [-0.25, -0.2) is 4.98 Å². The Bertz CT molecular complexity index is 845. The summed E-state index contributed by atoms with van der Waals surface area (Å²) < 4.78 is 1.87. The second-order valence-electron chi connectivity index (χ2n) is 5.52. The Morgan fingerprint density at radius 1 is 1.22 bits per heavy atom. The van der Waals surface area contributed by atoms with Gasteiger partial charge in [-0.2, -0.15) is 0 Å². The second-order valence-corrected chi connectivity index (χ2v) is 5.88. The van der Waals surface area contributed by atoms with Crippen molar-refractivity contribution < 1.29 is 4.79 Å². The number of nitrogens with one attached hydrogen (secondary N) is 1. The summed E-state index contributed by atoms with van der Waals surface area (Å²) in [4.78, 5) is 16.5. The number of carbonyl (C=O) groups is 1. The van der Waals surface area contributed by atoms with E-state index in [4.69, 9.17) is 11.6 Å². The summed E-state index contributed by atoms with van der Waals surface area (Å²) in [5.74, 6) is 0.528. The van der Waals surface area contributed by atoms with Gasteiger partial charge in [0.05, 0.1) is 11.6 Å². The molecular formula is C16H16ClN5O. The molecule has 3 aromatic heterocycles. The van der Waals surface area contributed by atoms with Gasteiger partial charge in [-0.05, 0) is 30.2 Å². The number of hydrogen-bond acceptors (Lipinski definition) is 4. The monoisotopic (exact) mass is 329 g/mol. The van der Waals surface area contributed by atoms with E-state index in [2.05, 4.69) is 20.5 Å². The SMILES string of the molecule is CC(C)C(NC(=O)c1cccnc1Cl)c1nnc2ccccn12. The van der Waals surface area contributed by atoms with Crippen LogP contribution in [0.2, 0.25) is 5.15 Å². The summed E-state index contributed by atoms with van der Waals surface area (Å²) in [5.41, 5.74) is 1.08. The van der Waals surface area contributed by atoms with Gasteiger partial charge in [-0.1, -0.05) is 31.5 Å². The molecular weight excluding hydrogens is 314 g/mol. The second kappa shape index (κ2) is 6.34. The first kappa shape index (κ1) is 15.4. The molecule has 3 heterocycles. The van der Waals surface area contributed by atoms with E-state index in [-0.39, 0.29) is 23.0 Å². The number of aromatic nitrogens is 4. The Hall–Kier alpha value is -2.47. The lowest BCUT2D eigenvalue weighted by Gasteiger charge is -2.21. The lowest BCUT2D eigenvalue weighted by Crippen LogP contribution is -2.33. The standard InChI is InChI=1S/C16H16ClN5O/c1-10(2)13(15-21-20-12-7-3-4-9-22(12)15)19-16(23)11-6-5-8-18-14(11)17/h3-10,13H,1-2H3,(H,19,23). The predicted molar refractivity (Wildman–Crippen MR) is 87.3 cm³/mol. The highest BCUT2D eigenvalue weighted by Crippen LogP contribution is 2.22. The van der Waals surface area contributed by atoms with Crippen LogP contribution in [0.25, 0.3) is 5.65 Å². The maximum Gasteiger partial charge on any atom is 0.255 e. The van der Waals surface area contributed by atoms with Gasteiger partial charge in [0, 0.05) is 12.4 Å². The molecule has 1 amide bonds. The molecule has 0 aliphatic carbocycles. The van der Waals surface area contributed by atoms with Crippen LogP contribution in [-0.4, -0.2) is 25.5 Å². The molecule has 1 unspecified atom stereocenters. The molecule has 1 N–H and O–H groups in total. The predicted octanol–water partition coefficient (Wildman–Crippen LogP) is 2.90. The molecule has 23 heavy (non-hydrogen) atoms. The van der Waals surface area contributed by atoms with Crippen LogP contribution < -0.4 is 5.32 Å². The van der Waals surface area contributed by atoms with Crippen LogP contribution in [0.1, 0.15) is 36.1 Å². The summed E-state index contributed by atoms with van der Waals surface area (Å²) >= 11 is 6.00. The lowest BCUT2D eigenvalue weighted by atomic mass is 10.0. The minimum atomic E-state index is -0.295. The summed E-state index contributed by atoms with van der Waals surface area (Å²) in [5, 5.41) is 11.5. The van der Waals surface area contributed by atoms with E-state index in [0.29, 0.717) is 11.4 Å². The van der Waals surface area contributed by atoms with Crippen LogP contribution in [0.4, 0.5) is 0 Å². The van der Waals surface area contributed by atoms with E-state index in [0.717, 1.165) is 5.65 Å². The highest BCUT2D eigenvalue weighted by Gasteiger charge is 2.25. The Kier molecular flexibility index (Phi) is 4.25. The number of carbonyl (C=O) groups excluding carboxylic acids is 1. The summed E-state index contributed by atoms with van der Waals surface area (Å²) in [7, 11) is 0. The number of hydrogen-bond donors (Lipinski definition) is 1. The van der Waals surface area contributed by atoms with Crippen molar-refractivity contribution in [3.8, 4) is 0 Å². The molecule has 3 aromatic rings. The molecule has 0 aliphatic heterocycles. The maximum atomic E-state index is 12.5. The van der Waals surface area contributed by atoms with Crippen LogP contribution in [0, 0.1) is 5.92 Å². The van der Waals surface area contributed by atoms with Gasteiger partial charge < -0.3 is 5.32 Å². The van der Waals surface area contributed by atoms with Crippen molar-refractivity contribution >= 4 is 23.2 Å². The molecule has 6 nitrogen and oxygen atoms in total. The van der Waals surface area contributed by atoms with E-state index < -0.39 is 0 Å². The lowest BCUT2D eigenvalue weighted by molar-refractivity contribution is 0.0922. The minimum absolute atomic E-state index is 0.127. The highest BCUT2D eigenvalue weighted by molar-refractivity contribution is 6.32. The van der Waals surface area contributed by atoms with Crippen LogP contribution >= 0.6 is 11.6 Å². The van der Waals surface area contributed by atoms with Gasteiger partial charge in [0.15, 0.2) is 11.5 Å². The molecule has 0 aliphatic rings. The van der Waals surface area contributed by atoms with E-state index >= 15 is 0 Å². The molecule has 0 fully saturated rings. The fourth-order valence-corrected chi connectivity index (χ4v) is 2.58. The number of amides is 1. The fourth-order valence-electron chi connectivity index (χ4n) is 2.38. The Morgan fingerprint density at radius 2 is 2.04 bits per heavy atom. The van der Waals surface area contributed by atoms with Gasteiger partial charge in [0.2, 0.25) is 0 Å². The number of nitrogens with zero attached hydrogens (tertiary/aromatic N) is 4. The third-order valence-corrected chi connectivity index (χ3v) is 3.88. The first-order chi connectivity index (χ1) is 11.1. The van der Waals surface area contributed by atoms with Gasteiger partial charge >= 0.3 is 0 Å². The number of rotatable bonds is 4. The quantitative estimate of drug-likeness (QED) is 0.747. The Morgan fingerprint density at radius 3 is 2.78 bits per heavy atom. The maximum absolute atomic E-state index is 12.5. The molecule has 0 bridgehead atoms. The molecule has 0 saturated carbocycles. The van der Waals surface area contributed by atoms with Crippen molar-refractivity contribution in [1.29, 1.82) is 0 Å². The average molecular weight is 330 g/mol. The van der Waals surface area contributed by atoms with Crippen LogP contribution in [0.5, 0.6) is 0 Å². The largest absolute Gasteiger partial charge is 0.342 e. The van der Waals surface area contributed by atoms with Crippen molar-refractivity contribution in [2.24, 2.45) is 5.92 Å². The number of pyridine rings is 2. The smallest absolute Gasteiger partial charge is 0.255 e. The zero-order valence-electron chi connectivity index (χ0n) is 12.8. The van der Waals surface area contributed by atoms with E-state index in [1.807, 2.05) is 42.6 Å². The zero-order chi connectivity index (χ0) is 16.4. The van der Waals surface area contributed by atoms with Gasteiger partial charge in [0.1, 0.15) is 5.15 Å². The molecule has 0 spiro atoms. The summed E-state index contributed by atoms with van der Waals surface area (Å²) in [6.45, 7) is 4.03. The third kappa shape index (κ3) is 3.03.